The summed E-state index contributed by atoms with van der Waals surface area (Å²) in [7, 11) is 0. The summed E-state index contributed by atoms with van der Waals surface area (Å²) in [4.78, 5) is 58.6. The lowest BCUT2D eigenvalue weighted by molar-refractivity contribution is -0.142. The average Bonchev–Trinajstić information content (AvgIpc) is 2.66. The Kier molecular flexibility index (Phi) is 12.7. The molecule has 8 N–H and O–H groups in total. The molecule has 0 saturated heterocycles. The average molecular weight is 451 g/mol. The van der Waals surface area contributed by atoms with E-state index in [1.807, 2.05) is 0 Å². The van der Waals surface area contributed by atoms with Crippen LogP contribution >= 0.6 is 11.8 Å². The highest BCUT2D eigenvalue weighted by molar-refractivity contribution is 7.98. The van der Waals surface area contributed by atoms with Crippen LogP contribution in [0.2, 0.25) is 0 Å². The number of carbonyl (C=O) groups excluding carboxylic acids is 3. The third-order valence-corrected chi connectivity index (χ3v) is 4.69. The number of aliphatic hydroxyl groups excluding tert-OH is 1. The van der Waals surface area contributed by atoms with Crippen LogP contribution in [0.4, 0.5) is 0 Å². The van der Waals surface area contributed by atoms with Gasteiger partial charge in [-0.25, -0.2) is 0 Å². The van der Waals surface area contributed by atoms with Crippen molar-refractivity contribution in [1.82, 2.24) is 16.0 Å². The van der Waals surface area contributed by atoms with Crippen molar-refractivity contribution in [2.75, 3.05) is 12.0 Å². The summed E-state index contributed by atoms with van der Waals surface area (Å²) >= 11 is 1.41. The van der Waals surface area contributed by atoms with Crippen molar-refractivity contribution in [3.05, 3.63) is 0 Å². The highest BCUT2D eigenvalue weighted by atomic mass is 32.2. The molecule has 0 aliphatic heterocycles. The third-order valence-electron chi connectivity index (χ3n) is 4.04. The van der Waals surface area contributed by atoms with Gasteiger partial charge in [0.2, 0.25) is 17.7 Å². The maximum absolute atomic E-state index is 12.6. The van der Waals surface area contributed by atoms with E-state index in [9.17, 15) is 29.1 Å². The minimum atomic E-state index is -1.45. The minimum absolute atomic E-state index is 0.121. The molecule has 0 bridgehead atoms. The molecule has 0 heterocycles. The number of aliphatic hydroxyl groups is 1. The van der Waals surface area contributed by atoms with E-state index >= 15 is 0 Å². The third kappa shape index (κ3) is 10.4. The molecule has 0 radical (unpaired) electrons. The lowest BCUT2D eigenvalue weighted by atomic mass is 10.1. The van der Waals surface area contributed by atoms with E-state index in [1.54, 1.807) is 6.26 Å². The summed E-state index contributed by atoms with van der Waals surface area (Å²) in [5.74, 6) is -4.33. The van der Waals surface area contributed by atoms with E-state index in [1.165, 1.54) is 25.6 Å². The normalized spacial score (nSPS) is 15.8. The maximum atomic E-state index is 12.6. The van der Waals surface area contributed by atoms with Gasteiger partial charge in [0.05, 0.1) is 12.1 Å². The molecule has 0 aromatic carbocycles. The quantitative estimate of drug-likeness (QED) is 0.153. The molecule has 0 fully saturated rings. The molecule has 5 unspecified atom stereocenters. The number of amides is 3. The van der Waals surface area contributed by atoms with Gasteiger partial charge < -0.3 is 37.0 Å². The maximum Gasteiger partial charge on any atom is 0.325 e. The van der Waals surface area contributed by atoms with Gasteiger partial charge >= 0.3 is 11.9 Å². The Morgan fingerprint density at radius 2 is 1.53 bits per heavy atom. The number of carbonyl (C=O) groups is 5. The first-order valence-corrected chi connectivity index (χ1v) is 10.6. The van der Waals surface area contributed by atoms with Gasteiger partial charge in [0, 0.05) is 6.42 Å². The summed E-state index contributed by atoms with van der Waals surface area (Å²) in [6.45, 7) is 2.47. The van der Waals surface area contributed by atoms with Gasteiger partial charge in [-0.3, -0.25) is 24.0 Å². The van der Waals surface area contributed by atoms with E-state index < -0.39 is 59.9 Å². The van der Waals surface area contributed by atoms with Gasteiger partial charge in [0.15, 0.2) is 0 Å². The Morgan fingerprint density at radius 1 is 0.933 bits per heavy atom. The van der Waals surface area contributed by atoms with E-state index in [2.05, 4.69) is 16.0 Å². The van der Waals surface area contributed by atoms with Crippen molar-refractivity contribution in [2.45, 2.75) is 63.4 Å². The highest BCUT2D eigenvalue weighted by Crippen LogP contribution is 2.05. The summed E-state index contributed by atoms with van der Waals surface area (Å²) in [6.07, 6.45) is 0.190. The number of carboxylic acid groups (broad SMARTS) is 2. The summed E-state index contributed by atoms with van der Waals surface area (Å²) in [6, 6.07) is -4.92. The van der Waals surface area contributed by atoms with Gasteiger partial charge in [0.1, 0.15) is 18.1 Å². The van der Waals surface area contributed by atoms with E-state index in [-0.39, 0.29) is 19.3 Å². The van der Waals surface area contributed by atoms with Crippen LogP contribution in [0.25, 0.3) is 0 Å². The fourth-order valence-corrected chi connectivity index (χ4v) is 2.69. The minimum Gasteiger partial charge on any atom is -0.481 e. The largest absolute Gasteiger partial charge is 0.481 e. The molecule has 0 saturated carbocycles. The Hall–Kier alpha value is -2.38. The van der Waals surface area contributed by atoms with Gasteiger partial charge in [-0.2, -0.15) is 11.8 Å². The van der Waals surface area contributed by atoms with Gasteiger partial charge in [-0.05, 0) is 38.7 Å². The van der Waals surface area contributed by atoms with Crippen molar-refractivity contribution in [2.24, 2.45) is 5.73 Å². The van der Waals surface area contributed by atoms with Gasteiger partial charge in [-0.15, -0.1) is 0 Å². The molecule has 0 aliphatic carbocycles. The number of nitrogens with two attached hydrogens (primary N) is 1. The zero-order valence-electron chi connectivity index (χ0n) is 17.1. The number of thioether (sulfide) groups is 1. The summed E-state index contributed by atoms with van der Waals surface area (Å²) in [5.41, 5.74) is 5.65. The zero-order valence-corrected chi connectivity index (χ0v) is 17.9. The first-order valence-electron chi connectivity index (χ1n) is 9.19. The van der Waals surface area contributed by atoms with Crippen molar-refractivity contribution >= 4 is 41.4 Å². The van der Waals surface area contributed by atoms with E-state index in [4.69, 9.17) is 15.9 Å². The van der Waals surface area contributed by atoms with Crippen molar-refractivity contribution in [3.8, 4) is 0 Å². The molecule has 0 rings (SSSR count). The Balaban J connectivity index is 5.20. The molecular formula is C17H30N4O8S. The molecule has 30 heavy (non-hydrogen) atoms. The topological polar surface area (TPSA) is 208 Å². The number of hydrogen-bond acceptors (Lipinski definition) is 8. The summed E-state index contributed by atoms with van der Waals surface area (Å²) in [5, 5.41) is 34.3. The Bertz CT molecular complexity index is 631. The lowest BCUT2D eigenvalue weighted by Crippen LogP contribution is -2.59. The van der Waals surface area contributed by atoms with Crippen LogP contribution in [-0.2, 0) is 24.0 Å². The fraction of sp³-hybridized carbons (Fsp3) is 0.706. The van der Waals surface area contributed by atoms with Crippen molar-refractivity contribution < 1.29 is 39.3 Å². The van der Waals surface area contributed by atoms with Gasteiger partial charge in [0.25, 0.3) is 0 Å². The highest BCUT2D eigenvalue weighted by Gasteiger charge is 2.31. The van der Waals surface area contributed by atoms with E-state index in [0.717, 1.165) is 0 Å². The molecule has 0 aliphatic rings. The lowest BCUT2D eigenvalue weighted by Gasteiger charge is -2.26. The van der Waals surface area contributed by atoms with Gasteiger partial charge in [-0.1, -0.05) is 0 Å². The van der Waals surface area contributed by atoms with Crippen LogP contribution in [0.5, 0.6) is 0 Å². The second-order valence-electron chi connectivity index (χ2n) is 6.68. The second kappa shape index (κ2) is 13.8. The van der Waals surface area contributed by atoms with Crippen LogP contribution in [0.3, 0.4) is 0 Å². The molecule has 3 amide bonds. The van der Waals surface area contributed by atoms with Crippen LogP contribution < -0.4 is 21.7 Å². The molecule has 0 aromatic rings. The first kappa shape index (κ1) is 27.6. The number of rotatable bonds is 14. The fourth-order valence-electron chi connectivity index (χ4n) is 2.22. The molecule has 0 spiro atoms. The molecule has 0 aromatic heterocycles. The van der Waals surface area contributed by atoms with E-state index in [0.29, 0.717) is 5.75 Å². The molecule has 12 nitrogen and oxygen atoms in total. The number of hydrogen-bond donors (Lipinski definition) is 7. The van der Waals surface area contributed by atoms with Crippen LogP contribution in [0.1, 0.15) is 33.1 Å². The van der Waals surface area contributed by atoms with Crippen LogP contribution in [0.15, 0.2) is 0 Å². The van der Waals surface area contributed by atoms with Crippen LogP contribution in [-0.4, -0.2) is 87.3 Å². The van der Waals surface area contributed by atoms with Crippen molar-refractivity contribution in [1.29, 1.82) is 0 Å². The molecule has 172 valence electrons. The zero-order chi connectivity index (χ0) is 23.4. The first-order chi connectivity index (χ1) is 13.9. The van der Waals surface area contributed by atoms with Crippen LogP contribution in [0, 0.1) is 0 Å². The smallest absolute Gasteiger partial charge is 0.325 e. The SMILES string of the molecule is CSCCC(NC(=O)C(N)CCC(=O)O)C(=O)NC(C(=O)NC(C)C(=O)O)C(C)O. The predicted molar refractivity (Wildman–Crippen MR) is 109 cm³/mol. The molecular weight excluding hydrogens is 420 g/mol. The second-order valence-corrected chi connectivity index (χ2v) is 7.66. The predicted octanol–water partition coefficient (Wildman–Crippen LogP) is -2.13. The standard InChI is InChI=1S/C17H30N4O8S/c1-8(17(28)29)19-16(27)13(9(2)22)21-15(26)11(6-7-30-3)20-14(25)10(18)4-5-12(23)24/h8-11,13,22H,4-7,18H2,1-3H3,(H,19,27)(H,20,25)(H,21,26)(H,23,24)(H,28,29). The van der Waals surface area contributed by atoms with Crippen molar-refractivity contribution in [3.63, 3.8) is 0 Å². The Morgan fingerprint density at radius 3 is 2.00 bits per heavy atom. The number of aliphatic carboxylic acids is 2. The number of carboxylic acids is 2. The molecule has 13 heteroatoms. The molecule has 5 atom stereocenters. The summed E-state index contributed by atoms with van der Waals surface area (Å²) < 4.78 is 0. The number of nitrogens with one attached hydrogen (secondary N) is 3. The Labute approximate surface area is 178 Å². The monoisotopic (exact) mass is 450 g/mol.